The summed E-state index contributed by atoms with van der Waals surface area (Å²) in [6.45, 7) is 6.41. The van der Waals surface area contributed by atoms with Gasteiger partial charge >= 0.3 is 0 Å². The van der Waals surface area contributed by atoms with Crippen LogP contribution in [0, 0.1) is 16.7 Å². The Morgan fingerprint density at radius 1 is 1.56 bits per heavy atom. The van der Waals surface area contributed by atoms with Gasteiger partial charge in [-0.15, -0.1) is 0 Å². The quantitative estimate of drug-likeness (QED) is 0.665. The standard InChI is InChI=1S/C12H22N2O2/c1-11(2,8-13)4-3-6-14-9-12(15)5-7-16-10-12/h14-15H,3-7,9-10H2,1-2H3. The zero-order valence-electron chi connectivity index (χ0n) is 10.3. The maximum Gasteiger partial charge on any atom is 0.102 e. The van der Waals surface area contributed by atoms with Crippen LogP contribution in [0.1, 0.15) is 33.1 Å². The fourth-order valence-electron chi connectivity index (χ4n) is 1.77. The molecule has 1 atom stereocenters. The van der Waals surface area contributed by atoms with Crippen molar-refractivity contribution in [3.8, 4) is 6.07 Å². The minimum Gasteiger partial charge on any atom is -0.386 e. The largest absolute Gasteiger partial charge is 0.386 e. The molecule has 4 nitrogen and oxygen atoms in total. The molecule has 16 heavy (non-hydrogen) atoms. The van der Waals surface area contributed by atoms with Gasteiger partial charge in [0.1, 0.15) is 5.60 Å². The Bertz CT molecular complexity index is 252. The summed E-state index contributed by atoms with van der Waals surface area (Å²) in [5, 5.41) is 22.0. The van der Waals surface area contributed by atoms with Crippen LogP contribution in [-0.4, -0.2) is 37.0 Å². The van der Waals surface area contributed by atoms with Gasteiger partial charge in [-0.25, -0.2) is 0 Å². The number of ether oxygens (including phenoxy) is 1. The van der Waals surface area contributed by atoms with Gasteiger partial charge in [-0.05, 0) is 33.2 Å². The van der Waals surface area contributed by atoms with Crippen molar-refractivity contribution >= 4 is 0 Å². The van der Waals surface area contributed by atoms with Crippen molar-refractivity contribution in [2.24, 2.45) is 5.41 Å². The molecule has 92 valence electrons. The van der Waals surface area contributed by atoms with Crippen LogP contribution < -0.4 is 5.32 Å². The lowest BCUT2D eigenvalue weighted by Gasteiger charge is -2.21. The number of nitriles is 1. The Balaban J connectivity index is 2.06. The number of hydrogen-bond acceptors (Lipinski definition) is 4. The lowest BCUT2D eigenvalue weighted by molar-refractivity contribution is 0.0271. The second kappa shape index (κ2) is 5.62. The van der Waals surface area contributed by atoms with Crippen LogP contribution in [0.15, 0.2) is 0 Å². The Morgan fingerprint density at radius 2 is 2.31 bits per heavy atom. The molecule has 1 aliphatic heterocycles. The van der Waals surface area contributed by atoms with Gasteiger partial charge in [0.2, 0.25) is 0 Å². The monoisotopic (exact) mass is 226 g/mol. The molecule has 0 aliphatic carbocycles. The Hall–Kier alpha value is -0.630. The van der Waals surface area contributed by atoms with Crippen LogP contribution in [0.4, 0.5) is 0 Å². The van der Waals surface area contributed by atoms with Gasteiger partial charge in [-0.1, -0.05) is 0 Å². The number of aliphatic hydroxyl groups is 1. The molecule has 4 heteroatoms. The summed E-state index contributed by atoms with van der Waals surface area (Å²) >= 11 is 0. The van der Waals surface area contributed by atoms with Gasteiger partial charge in [0.05, 0.1) is 18.1 Å². The summed E-state index contributed by atoms with van der Waals surface area (Å²) < 4.78 is 5.16. The normalized spacial score (nSPS) is 25.6. The van der Waals surface area contributed by atoms with E-state index in [0.29, 0.717) is 26.2 Å². The molecular weight excluding hydrogens is 204 g/mol. The third-order valence-corrected chi connectivity index (χ3v) is 2.99. The second-order valence-corrected chi connectivity index (χ2v) is 5.30. The van der Waals surface area contributed by atoms with Crippen molar-refractivity contribution < 1.29 is 9.84 Å². The highest BCUT2D eigenvalue weighted by Crippen LogP contribution is 2.20. The van der Waals surface area contributed by atoms with E-state index in [4.69, 9.17) is 10.00 Å². The molecule has 0 spiro atoms. The van der Waals surface area contributed by atoms with Gasteiger partial charge in [0, 0.05) is 19.6 Å². The van der Waals surface area contributed by atoms with E-state index in [1.165, 1.54) is 0 Å². The summed E-state index contributed by atoms with van der Waals surface area (Å²) in [6, 6.07) is 2.28. The molecule has 0 amide bonds. The molecule has 1 aliphatic rings. The molecule has 1 fully saturated rings. The molecule has 1 unspecified atom stereocenters. The van der Waals surface area contributed by atoms with E-state index in [9.17, 15) is 5.11 Å². The molecule has 0 aromatic carbocycles. The van der Waals surface area contributed by atoms with Crippen molar-refractivity contribution in [1.29, 1.82) is 5.26 Å². The molecule has 1 heterocycles. The van der Waals surface area contributed by atoms with Crippen molar-refractivity contribution in [2.45, 2.75) is 38.7 Å². The van der Waals surface area contributed by atoms with E-state index in [1.807, 2.05) is 13.8 Å². The Labute approximate surface area is 97.6 Å². The first-order valence-electron chi connectivity index (χ1n) is 5.90. The van der Waals surface area contributed by atoms with E-state index >= 15 is 0 Å². The Kier molecular flexibility index (Phi) is 4.72. The van der Waals surface area contributed by atoms with E-state index in [1.54, 1.807) is 0 Å². The SMILES string of the molecule is CC(C)(C#N)CCCNCC1(O)CCOC1. The van der Waals surface area contributed by atoms with E-state index in [-0.39, 0.29) is 5.41 Å². The third kappa shape index (κ3) is 4.48. The van der Waals surface area contributed by atoms with E-state index in [2.05, 4.69) is 11.4 Å². The highest BCUT2D eigenvalue weighted by molar-refractivity contribution is 4.91. The van der Waals surface area contributed by atoms with Crippen LogP contribution >= 0.6 is 0 Å². The van der Waals surface area contributed by atoms with Crippen LogP contribution in [0.25, 0.3) is 0 Å². The minimum absolute atomic E-state index is 0.241. The van der Waals surface area contributed by atoms with E-state index in [0.717, 1.165) is 19.4 Å². The molecular formula is C12H22N2O2. The second-order valence-electron chi connectivity index (χ2n) is 5.30. The van der Waals surface area contributed by atoms with Crippen LogP contribution in [0.5, 0.6) is 0 Å². The van der Waals surface area contributed by atoms with Gasteiger partial charge < -0.3 is 15.2 Å². The molecule has 0 saturated carbocycles. The van der Waals surface area contributed by atoms with Crippen LogP contribution in [0.2, 0.25) is 0 Å². The van der Waals surface area contributed by atoms with Gasteiger partial charge in [-0.2, -0.15) is 5.26 Å². The first-order chi connectivity index (χ1) is 7.47. The topological polar surface area (TPSA) is 65.3 Å². The van der Waals surface area contributed by atoms with Crippen LogP contribution in [-0.2, 0) is 4.74 Å². The van der Waals surface area contributed by atoms with E-state index < -0.39 is 5.60 Å². The first kappa shape index (κ1) is 13.4. The summed E-state index contributed by atoms with van der Waals surface area (Å²) in [6.07, 6.45) is 2.55. The first-order valence-corrected chi connectivity index (χ1v) is 5.90. The highest BCUT2D eigenvalue weighted by atomic mass is 16.5. The number of nitrogens with zero attached hydrogens (tertiary/aromatic N) is 1. The molecule has 1 saturated heterocycles. The highest BCUT2D eigenvalue weighted by Gasteiger charge is 2.31. The predicted molar refractivity (Wildman–Crippen MR) is 61.9 cm³/mol. The summed E-state index contributed by atoms with van der Waals surface area (Å²) in [7, 11) is 0. The molecule has 0 bridgehead atoms. The summed E-state index contributed by atoms with van der Waals surface area (Å²) in [4.78, 5) is 0. The fraction of sp³-hybridized carbons (Fsp3) is 0.917. The van der Waals surface area contributed by atoms with Gasteiger partial charge in [0.15, 0.2) is 0 Å². The summed E-state index contributed by atoms with van der Waals surface area (Å²) in [5.74, 6) is 0. The molecule has 2 N–H and O–H groups in total. The molecule has 0 aromatic heterocycles. The zero-order chi connectivity index (χ0) is 12.1. The van der Waals surface area contributed by atoms with Gasteiger partial charge in [-0.3, -0.25) is 0 Å². The maximum absolute atomic E-state index is 9.96. The molecule has 0 aromatic rings. The number of hydrogen-bond donors (Lipinski definition) is 2. The van der Waals surface area contributed by atoms with Crippen molar-refractivity contribution in [3.05, 3.63) is 0 Å². The van der Waals surface area contributed by atoms with Crippen molar-refractivity contribution in [3.63, 3.8) is 0 Å². The zero-order valence-corrected chi connectivity index (χ0v) is 10.3. The fourth-order valence-corrected chi connectivity index (χ4v) is 1.77. The lowest BCUT2D eigenvalue weighted by Crippen LogP contribution is -2.41. The minimum atomic E-state index is -0.676. The molecule has 0 radical (unpaired) electrons. The number of nitrogens with one attached hydrogen (secondary N) is 1. The average Bonchev–Trinajstić information content (AvgIpc) is 2.65. The third-order valence-electron chi connectivity index (χ3n) is 2.99. The number of rotatable bonds is 6. The molecule has 1 rings (SSSR count). The Morgan fingerprint density at radius 3 is 2.88 bits per heavy atom. The predicted octanol–water partition coefficient (Wildman–Crippen LogP) is 1.06. The van der Waals surface area contributed by atoms with Gasteiger partial charge in [0.25, 0.3) is 0 Å². The summed E-state index contributed by atoms with van der Waals surface area (Å²) in [5.41, 5.74) is -0.917. The average molecular weight is 226 g/mol. The maximum atomic E-state index is 9.96. The lowest BCUT2D eigenvalue weighted by atomic mass is 9.90. The smallest absolute Gasteiger partial charge is 0.102 e. The van der Waals surface area contributed by atoms with Crippen molar-refractivity contribution in [1.82, 2.24) is 5.32 Å². The van der Waals surface area contributed by atoms with Crippen molar-refractivity contribution in [2.75, 3.05) is 26.3 Å². The van der Waals surface area contributed by atoms with Crippen LogP contribution in [0.3, 0.4) is 0 Å².